The number of carbonyl (C=O) groups is 3. The topological polar surface area (TPSA) is 111 Å². The Balaban J connectivity index is 1.16. The molecule has 2 saturated heterocycles. The number of piperazine rings is 1. The van der Waals surface area contributed by atoms with Crippen LogP contribution in [0.2, 0.25) is 0 Å². The first-order valence-corrected chi connectivity index (χ1v) is 14.9. The van der Waals surface area contributed by atoms with Gasteiger partial charge in [-0.15, -0.1) is 0 Å². The largest absolute Gasteiger partial charge is 0.457 e. The third-order valence-corrected chi connectivity index (χ3v) is 9.09. The molecule has 2 aromatic rings. The van der Waals surface area contributed by atoms with Crippen molar-refractivity contribution >= 4 is 17.7 Å². The van der Waals surface area contributed by atoms with Crippen molar-refractivity contribution in [3.63, 3.8) is 0 Å². The first-order chi connectivity index (χ1) is 19.7. The van der Waals surface area contributed by atoms with Crippen LogP contribution in [0.3, 0.4) is 0 Å². The summed E-state index contributed by atoms with van der Waals surface area (Å²) in [6, 6.07) is 14.3. The lowest BCUT2D eigenvalue weighted by Crippen LogP contribution is -2.73. The molecule has 3 fully saturated rings. The molecule has 0 radical (unpaired) electrons. The van der Waals surface area contributed by atoms with Gasteiger partial charge in [0, 0.05) is 45.2 Å². The van der Waals surface area contributed by atoms with Crippen molar-refractivity contribution in [2.24, 2.45) is 0 Å². The number of piperidine rings is 1. The third kappa shape index (κ3) is 6.26. The summed E-state index contributed by atoms with van der Waals surface area (Å²) in [6.45, 7) is 4.59. The standard InChI is InChI=1S/C32H42N4O5/c1-3-36-29(38)27(21-31(40)15-5-4-6-16-31)34-30(39)32(36)17-19-35(20-18-32)22-23-7-11-25(12-8-23)41-26-13-9-24(10-14-26)28(37)33-2/h7-14,27,40H,3-6,15-22H2,1-2H3,(H,33,37)(H,34,39)/t27-/m1/s1. The molecule has 0 unspecified atom stereocenters. The molecule has 0 bridgehead atoms. The van der Waals surface area contributed by atoms with Crippen LogP contribution in [0.15, 0.2) is 48.5 Å². The zero-order valence-electron chi connectivity index (χ0n) is 24.2. The highest BCUT2D eigenvalue weighted by Gasteiger charge is 2.54. The molecule has 2 heterocycles. The summed E-state index contributed by atoms with van der Waals surface area (Å²) in [5.74, 6) is 1.09. The lowest BCUT2D eigenvalue weighted by atomic mass is 9.77. The van der Waals surface area contributed by atoms with Crippen molar-refractivity contribution in [2.75, 3.05) is 26.7 Å². The molecule has 9 heteroatoms. The molecule has 2 aromatic carbocycles. The van der Waals surface area contributed by atoms with Gasteiger partial charge in [-0.3, -0.25) is 19.3 Å². The number of likely N-dealkylation sites (tertiary alicyclic amines) is 1. The SMILES string of the molecule is CCN1C(=O)[C@@H](CC2(O)CCCCC2)NC(=O)C12CCN(Cc1ccc(Oc3ccc(C(=O)NC)cc3)cc1)CC2. The molecular formula is C32H42N4O5. The van der Waals surface area contributed by atoms with Crippen LogP contribution in [0, 0.1) is 0 Å². The monoisotopic (exact) mass is 562 g/mol. The second-order valence-electron chi connectivity index (χ2n) is 11.8. The molecule has 3 amide bonds. The van der Waals surface area contributed by atoms with Crippen molar-refractivity contribution in [2.45, 2.75) is 82.0 Å². The summed E-state index contributed by atoms with van der Waals surface area (Å²) in [5, 5.41) is 16.7. The van der Waals surface area contributed by atoms with E-state index in [0.717, 1.165) is 31.4 Å². The molecule has 9 nitrogen and oxygen atoms in total. The van der Waals surface area contributed by atoms with E-state index in [-0.39, 0.29) is 17.7 Å². The lowest BCUT2D eigenvalue weighted by Gasteiger charge is -2.52. The van der Waals surface area contributed by atoms with E-state index < -0.39 is 17.2 Å². The van der Waals surface area contributed by atoms with Gasteiger partial charge in [0.2, 0.25) is 11.8 Å². The second-order valence-corrected chi connectivity index (χ2v) is 11.8. The first kappa shape index (κ1) is 29.1. The molecule has 2 aliphatic heterocycles. The van der Waals surface area contributed by atoms with Crippen molar-refractivity contribution in [1.82, 2.24) is 20.4 Å². The summed E-state index contributed by atoms with van der Waals surface area (Å²) < 4.78 is 5.93. The van der Waals surface area contributed by atoms with Crippen LogP contribution >= 0.6 is 0 Å². The van der Waals surface area contributed by atoms with Crippen molar-refractivity contribution in [3.8, 4) is 11.5 Å². The minimum absolute atomic E-state index is 0.0570. The first-order valence-electron chi connectivity index (χ1n) is 14.9. The maximum Gasteiger partial charge on any atom is 0.251 e. The molecule has 1 atom stereocenters. The van der Waals surface area contributed by atoms with E-state index in [1.807, 2.05) is 31.2 Å². The Kier molecular flexibility index (Phi) is 8.66. The molecule has 0 aromatic heterocycles. The predicted octanol–water partition coefficient (Wildman–Crippen LogP) is 3.61. The van der Waals surface area contributed by atoms with Crippen LogP contribution in [0.25, 0.3) is 0 Å². The molecule has 3 N–H and O–H groups in total. The Morgan fingerprint density at radius 3 is 2.17 bits per heavy atom. The fourth-order valence-electron chi connectivity index (χ4n) is 6.72. The highest BCUT2D eigenvalue weighted by Crippen LogP contribution is 2.37. The van der Waals surface area contributed by atoms with E-state index in [9.17, 15) is 19.5 Å². The van der Waals surface area contributed by atoms with Gasteiger partial charge in [0.25, 0.3) is 5.91 Å². The average molecular weight is 563 g/mol. The van der Waals surface area contributed by atoms with E-state index in [4.69, 9.17) is 4.74 Å². The Hall–Kier alpha value is -3.43. The van der Waals surface area contributed by atoms with Crippen LogP contribution in [-0.2, 0) is 16.1 Å². The number of nitrogens with one attached hydrogen (secondary N) is 2. The molecular weight excluding hydrogens is 520 g/mol. The highest BCUT2D eigenvalue weighted by atomic mass is 16.5. The van der Waals surface area contributed by atoms with E-state index in [1.54, 1.807) is 36.2 Å². The number of hydrogen-bond acceptors (Lipinski definition) is 6. The Bertz CT molecular complexity index is 1230. The zero-order chi connectivity index (χ0) is 29.0. The van der Waals surface area contributed by atoms with Gasteiger partial charge in [0.15, 0.2) is 0 Å². The third-order valence-electron chi connectivity index (χ3n) is 9.09. The quantitative estimate of drug-likeness (QED) is 0.454. The molecule has 220 valence electrons. The minimum Gasteiger partial charge on any atom is -0.457 e. The van der Waals surface area contributed by atoms with Gasteiger partial charge in [0.05, 0.1) is 5.60 Å². The summed E-state index contributed by atoms with van der Waals surface area (Å²) in [6.07, 6.45) is 5.90. The molecule has 3 aliphatic rings. The summed E-state index contributed by atoms with van der Waals surface area (Å²) in [7, 11) is 1.60. The number of nitrogens with zero attached hydrogens (tertiary/aromatic N) is 2. The Morgan fingerprint density at radius 2 is 1.59 bits per heavy atom. The number of hydrogen-bond donors (Lipinski definition) is 3. The number of aliphatic hydroxyl groups is 1. The second kappa shape index (κ2) is 12.2. The van der Waals surface area contributed by atoms with Crippen LogP contribution in [-0.4, -0.2) is 76.5 Å². The fraction of sp³-hybridized carbons (Fsp3) is 0.531. The van der Waals surface area contributed by atoms with Crippen LogP contribution < -0.4 is 15.4 Å². The summed E-state index contributed by atoms with van der Waals surface area (Å²) >= 11 is 0. The van der Waals surface area contributed by atoms with Gasteiger partial charge in [0.1, 0.15) is 23.1 Å². The van der Waals surface area contributed by atoms with E-state index >= 15 is 0 Å². The van der Waals surface area contributed by atoms with Gasteiger partial charge in [-0.1, -0.05) is 31.4 Å². The Morgan fingerprint density at radius 1 is 0.976 bits per heavy atom. The summed E-state index contributed by atoms with van der Waals surface area (Å²) in [5.41, 5.74) is 0.0324. The minimum atomic E-state index is -0.864. The fourth-order valence-corrected chi connectivity index (χ4v) is 6.72. The van der Waals surface area contributed by atoms with E-state index in [1.165, 1.54) is 0 Å². The van der Waals surface area contributed by atoms with Gasteiger partial charge in [-0.2, -0.15) is 0 Å². The van der Waals surface area contributed by atoms with Crippen LogP contribution in [0.5, 0.6) is 11.5 Å². The van der Waals surface area contributed by atoms with Gasteiger partial charge >= 0.3 is 0 Å². The van der Waals surface area contributed by atoms with Gasteiger partial charge in [-0.05, 0) is 74.6 Å². The number of rotatable bonds is 8. The van der Waals surface area contributed by atoms with E-state index in [0.29, 0.717) is 68.8 Å². The molecule has 1 saturated carbocycles. The molecule has 1 spiro atoms. The number of benzene rings is 2. The van der Waals surface area contributed by atoms with Crippen molar-refractivity contribution in [1.29, 1.82) is 0 Å². The van der Waals surface area contributed by atoms with Gasteiger partial charge < -0.3 is 25.4 Å². The smallest absolute Gasteiger partial charge is 0.251 e. The lowest BCUT2D eigenvalue weighted by molar-refractivity contribution is -0.163. The summed E-state index contributed by atoms with van der Waals surface area (Å²) in [4.78, 5) is 42.9. The number of amides is 3. The maximum atomic E-state index is 13.5. The van der Waals surface area contributed by atoms with E-state index in [2.05, 4.69) is 15.5 Å². The van der Waals surface area contributed by atoms with Crippen LogP contribution in [0.4, 0.5) is 0 Å². The van der Waals surface area contributed by atoms with Crippen molar-refractivity contribution < 1.29 is 24.2 Å². The number of likely N-dealkylation sites (N-methyl/N-ethyl adjacent to an activating group) is 1. The predicted molar refractivity (Wildman–Crippen MR) is 156 cm³/mol. The molecule has 5 rings (SSSR count). The normalized spacial score (nSPS) is 22.3. The Labute approximate surface area is 242 Å². The molecule has 1 aliphatic carbocycles. The zero-order valence-corrected chi connectivity index (χ0v) is 24.2. The average Bonchev–Trinajstić information content (AvgIpc) is 2.98. The van der Waals surface area contributed by atoms with Gasteiger partial charge in [-0.25, -0.2) is 0 Å². The highest BCUT2D eigenvalue weighted by molar-refractivity contribution is 6.00. The van der Waals surface area contributed by atoms with Crippen LogP contribution in [0.1, 0.15) is 74.2 Å². The number of ether oxygens (including phenoxy) is 1. The van der Waals surface area contributed by atoms with Crippen molar-refractivity contribution in [3.05, 3.63) is 59.7 Å². The maximum absolute atomic E-state index is 13.5. The number of carbonyl (C=O) groups excluding carboxylic acids is 3. The molecule has 41 heavy (non-hydrogen) atoms.